The van der Waals surface area contributed by atoms with E-state index in [2.05, 4.69) is 10.4 Å². The number of hydrogen-bond acceptors (Lipinski definition) is 7. The minimum atomic E-state index is -4.17. The van der Waals surface area contributed by atoms with E-state index in [4.69, 9.17) is 14.3 Å². The van der Waals surface area contributed by atoms with E-state index in [0.29, 0.717) is 45.7 Å². The van der Waals surface area contributed by atoms with Crippen LogP contribution < -0.4 is 5.48 Å². The van der Waals surface area contributed by atoms with Gasteiger partial charge >= 0.3 is 6.18 Å². The highest BCUT2D eigenvalue weighted by molar-refractivity contribution is 7.93. The van der Waals surface area contributed by atoms with Gasteiger partial charge in [0.1, 0.15) is 0 Å². The van der Waals surface area contributed by atoms with Gasteiger partial charge in [0, 0.05) is 46.2 Å². The van der Waals surface area contributed by atoms with Gasteiger partial charge in [0.15, 0.2) is 20.9 Å². The van der Waals surface area contributed by atoms with E-state index in [1.54, 1.807) is 31.4 Å². The number of hydroxylamine groups is 1. The smallest absolute Gasteiger partial charge is 0.383 e. The van der Waals surface area contributed by atoms with Crippen molar-refractivity contribution in [3.63, 3.8) is 0 Å². The fraction of sp³-hybridized carbons (Fsp3) is 0.567. The van der Waals surface area contributed by atoms with Crippen molar-refractivity contribution in [2.24, 2.45) is 0 Å². The van der Waals surface area contributed by atoms with Crippen molar-refractivity contribution >= 4 is 15.7 Å². The summed E-state index contributed by atoms with van der Waals surface area (Å²) in [6, 6.07) is 13.5. The van der Waals surface area contributed by atoms with Crippen LogP contribution in [0.2, 0.25) is 0 Å². The van der Waals surface area contributed by atoms with Gasteiger partial charge in [-0.2, -0.15) is 13.2 Å². The van der Waals surface area contributed by atoms with Gasteiger partial charge in [-0.25, -0.2) is 18.7 Å². The first-order valence-corrected chi connectivity index (χ1v) is 15.8. The molecule has 4 rings (SSSR count). The lowest BCUT2D eigenvalue weighted by molar-refractivity contribution is -0.202. The molecule has 0 radical (unpaired) electrons. The summed E-state index contributed by atoms with van der Waals surface area (Å²) in [5, 5.41) is 0. The van der Waals surface area contributed by atoms with E-state index in [9.17, 15) is 26.4 Å². The summed E-state index contributed by atoms with van der Waals surface area (Å²) in [6.07, 6.45) is -2.66. The third-order valence-electron chi connectivity index (χ3n) is 8.00. The molecule has 2 aliphatic rings. The van der Waals surface area contributed by atoms with E-state index in [1.807, 2.05) is 12.1 Å². The summed E-state index contributed by atoms with van der Waals surface area (Å²) in [6.45, 7) is 2.47. The van der Waals surface area contributed by atoms with Crippen molar-refractivity contribution in [1.29, 1.82) is 0 Å². The average molecular weight is 613 g/mol. The first-order valence-electron chi connectivity index (χ1n) is 14.3. The van der Waals surface area contributed by atoms with Gasteiger partial charge in [-0.1, -0.05) is 36.4 Å². The molecule has 8 nitrogen and oxygen atoms in total. The topological polar surface area (TPSA) is 94.2 Å². The molecule has 2 aromatic carbocycles. The molecular weight excluding hydrogens is 573 g/mol. The van der Waals surface area contributed by atoms with E-state index in [-0.39, 0.29) is 24.2 Å². The molecule has 12 heteroatoms. The number of aryl methyl sites for hydroxylation is 1. The van der Waals surface area contributed by atoms with Crippen LogP contribution in [-0.4, -0.2) is 76.4 Å². The van der Waals surface area contributed by atoms with Crippen LogP contribution in [0.15, 0.2) is 53.4 Å². The lowest BCUT2D eigenvalue weighted by atomic mass is 9.95. The number of hydrogen-bond donors (Lipinski definition) is 1. The number of halogens is 3. The number of carbonyl (C=O) groups excluding carboxylic acids is 1. The molecule has 42 heavy (non-hydrogen) atoms. The van der Waals surface area contributed by atoms with Crippen LogP contribution in [0.25, 0.3) is 11.1 Å². The Labute approximate surface area is 245 Å². The largest absolute Gasteiger partial charge is 0.389 e. The predicted octanol–water partition coefficient (Wildman–Crippen LogP) is 5.07. The van der Waals surface area contributed by atoms with Crippen LogP contribution in [0.1, 0.15) is 50.5 Å². The number of carbonyl (C=O) groups is 1. The number of sulfone groups is 1. The third kappa shape index (κ3) is 8.10. The summed E-state index contributed by atoms with van der Waals surface area (Å²) < 4.78 is 74.5. The molecule has 2 heterocycles. The SMILES string of the molecule is COCCN1CCC(C(=O)NOC2CCCCO2)(S(=O)(=O)c2ccc(-c3ccc(CCCC(F)(F)F)cc3)cc2)CC1. The standard InChI is InChI=1S/C30H39F3N2O6S/c1-39-22-20-35-18-16-29(17-19-35,28(36)34-41-27-6-2-3-21-40-27)42(37,38)26-13-11-25(12-14-26)24-9-7-23(8-10-24)5-4-15-30(31,32)33/h7-14,27H,2-6,15-22H2,1H3,(H,34,36). The maximum absolute atomic E-state index is 14.1. The molecule has 0 aliphatic carbocycles. The molecule has 0 aromatic heterocycles. The number of ether oxygens (including phenoxy) is 2. The first kappa shape index (κ1) is 32.4. The Balaban J connectivity index is 1.49. The highest BCUT2D eigenvalue weighted by Crippen LogP contribution is 2.37. The lowest BCUT2D eigenvalue weighted by Crippen LogP contribution is -2.58. The van der Waals surface area contributed by atoms with E-state index < -0.39 is 39.4 Å². The van der Waals surface area contributed by atoms with Crippen molar-refractivity contribution < 1.29 is 40.7 Å². The minimum Gasteiger partial charge on any atom is -0.383 e. The Bertz CT molecular complexity index is 1260. The molecule has 1 N–H and O–H groups in total. The summed E-state index contributed by atoms with van der Waals surface area (Å²) in [5.41, 5.74) is 4.77. The molecule has 2 fully saturated rings. The number of likely N-dealkylation sites (tertiary alicyclic amines) is 1. The molecular formula is C30H39F3N2O6S. The fourth-order valence-corrected chi connectivity index (χ4v) is 7.35. The van der Waals surface area contributed by atoms with E-state index in [0.717, 1.165) is 29.5 Å². The maximum Gasteiger partial charge on any atom is 0.389 e. The molecule has 0 bridgehead atoms. The number of methoxy groups -OCH3 is 1. The Morgan fingerprint density at radius 2 is 1.69 bits per heavy atom. The molecule has 1 unspecified atom stereocenters. The van der Waals surface area contributed by atoms with Gasteiger partial charge in [0.25, 0.3) is 5.91 Å². The normalized spacial score (nSPS) is 19.9. The number of rotatable bonds is 12. The Hall–Kier alpha value is -2.51. The summed E-state index contributed by atoms with van der Waals surface area (Å²) in [7, 11) is -2.53. The van der Waals surface area contributed by atoms with Crippen LogP contribution in [0.5, 0.6) is 0 Å². The van der Waals surface area contributed by atoms with Crippen LogP contribution in [-0.2, 0) is 35.4 Å². The number of amides is 1. The quantitative estimate of drug-likeness (QED) is 0.335. The number of nitrogens with zero attached hydrogens (tertiary/aromatic N) is 1. The van der Waals surface area contributed by atoms with Crippen molar-refractivity contribution in [3.8, 4) is 11.1 Å². The van der Waals surface area contributed by atoms with Gasteiger partial charge in [-0.05, 0) is 67.3 Å². The zero-order valence-electron chi connectivity index (χ0n) is 23.8. The number of alkyl halides is 3. The molecule has 2 saturated heterocycles. The van der Waals surface area contributed by atoms with E-state index in [1.165, 1.54) is 12.1 Å². The Morgan fingerprint density at radius 1 is 1.05 bits per heavy atom. The van der Waals surface area contributed by atoms with Crippen LogP contribution in [0.3, 0.4) is 0 Å². The molecule has 1 amide bonds. The van der Waals surface area contributed by atoms with Gasteiger partial charge < -0.3 is 14.4 Å². The summed E-state index contributed by atoms with van der Waals surface area (Å²) >= 11 is 0. The van der Waals surface area contributed by atoms with Crippen molar-refractivity contribution in [2.45, 2.75) is 73.5 Å². The molecule has 0 spiro atoms. The summed E-state index contributed by atoms with van der Waals surface area (Å²) in [4.78, 5) is 21.2. The van der Waals surface area contributed by atoms with E-state index >= 15 is 0 Å². The second-order valence-corrected chi connectivity index (χ2v) is 13.1. The van der Waals surface area contributed by atoms with Crippen molar-refractivity contribution in [3.05, 3.63) is 54.1 Å². The molecule has 2 aliphatic heterocycles. The molecule has 0 saturated carbocycles. The van der Waals surface area contributed by atoms with Crippen molar-refractivity contribution in [2.75, 3.05) is 40.0 Å². The number of benzene rings is 2. The second-order valence-electron chi connectivity index (χ2n) is 10.9. The Kier molecular flexibility index (Phi) is 11.0. The maximum atomic E-state index is 14.1. The monoisotopic (exact) mass is 612 g/mol. The zero-order chi connectivity index (χ0) is 30.2. The fourth-order valence-electron chi connectivity index (χ4n) is 5.40. The first-order chi connectivity index (χ1) is 20.0. The van der Waals surface area contributed by atoms with Gasteiger partial charge in [-0.15, -0.1) is 0 Å². The lowest BCUT2D eigenvalue weighted by Gasteiger charge is -2.40. The predicted molar refractivity (Wildman–Crippen MR) is 151 cm³/mol. The second kappa shape index (κ2) is 14.3. The Morgan fingerprint density at radius 3 is 2.26 bits per heavy atom. The number of nitrogens with one attached hydrogen (secondary N) is 1. The summed E-state index contributed by atoms with van der Waals surface area (Å²) in [5.74, 6) is -0.701. The molecule has 2 aromatic rings. The van der Waals surface area contributed by atoms with Gasteiger partial charge in [-0.3, -0.25) is 4.79 Å². The highest BCUT2D eigenvalue weighted by atomic mass is 32.2. The third-order valence-corrected chi connectivity index (χ3v) is 10.5. The molecule has 232 valence electrons. The van der Waals surface area contributed by atoms with Crippen LogP contribution >= 0.6 is 0 Å². The minimum absolute atomic E-state index is 0.0214. The van der Waals surface area contributed by atoms with Crippen molar-refractivity contribution in [1.82, 2.24) is 10.4 Å². The highest BCUT2D eigenvalue weighted by Gasteiger charge is 2.53. The average Bonchev–Trinajstić information content (AvgIpc) is 2.99. The van der Waals surface area contributed by atoms with Gasteiger partial charge in [0.05, 0.1) is 11.5 Å². The molecule has 1 atom stereocenters. The van der Waals surface area contributed by atoms with Gasteiger partial charge in [0.2, 0.25) is 0 Å². The van der Waals surface area contributed by atoms with Crippen LogP contribution in [0.4, 0.5) is 13.2 Å². The number of piperidine rings is 1. The van der Waals surface area contributed by atoms with Crippen LogP contribution in [0, 0.1) is 0 Å². The zero-order valence-corrected chi connectivity index (χ0v) is 24.6.